The Morgan fingerprint density at radius 3 is 2.41 bits per heavy atom. The Morgan fingerprint density at radius 1 is 1.29 bits per heavy atom. The average Bonchev–Trinajstić information content (AvgIpc) is 2.81. The molecule has 6 heteroatoms. The van der Waals surface area contributed by atoms with Crippen LogP contribution in [-0.2, 0) is 4.74 Å². The molecule has 2 heterocycles. The van der Waals surface area contributed by atoms with Crippen LogP contribution in [0.2, 0.25) is 0 Å². The van der Waals surface area contributed by atoms with E-state index in [2.05, 4.69) is 5.32 Å². The molecule has 3 fully saturated rings. The first-order chi connectivity index (χ1) is 8.02. The second-order valence-electron chi connectivity index (χ2n) is 5.35. The maximum Gasteiger partial charge on any atom is 0.410 e. The summed E-state index contributed by atoms with van der Waals surface area (Å²) in [7, 11) is 0. The molecule has 96 valence electrons. The van der Waals surface area contributed by atoms with Crippen LogP contribution in [0.15, 0.2) is 0 Å². The molecule has 3 rings (SSSR count). The smallest absolute Gasteiger partial charge is 0.410 e. The van der Waals surface area contributed by atoms with Gasteiger partial charge in [-0.25, -0.2) is 13.6 Å². The first-order valence-corrected chi connectivity index (χ1v) is 6.07. The molecule has 0 unspecified atom stereocenters. The molecule has 0 atom stereocenters. The molecule has 1 saturated carbocycles. The summed E-state index contributed by atoms with van der Waals surface area (Å²) in [4.78, 5) is 13.1. The first-order valence-electron chi connectivity index (χ1n) is 6.07. The van der Waals surface area contributed by atoms with Gasteiger partial charge in [0, 0.05) is 19.5 Å². The van der Waals surface area contributed by atoms with Crippen molar-refractivity contribution in [3.05, 3.63) is 0 Å². The van der Waals surface area contributed by atoms with Gasteiger partial charge in [0.05, 0.1) is 5.41 Å². The van der Waals surface area contributed by atoms with Gasteiger partial charge in [-0.3, -0.25) is 0 Å². The number of piperidine rings is 1. The van der Waals surface area contributed by atoms with E-state index >= 15 is 0 Å². The number of nitrogens with zero attached hydrogens (tertiary/aromatic N) is 1. The third-order valence-electron chi connectivity index (χ3n) is 4.01. The molecule has 0 aromatic carbocycles. The number of hydrogen-bond acceptors (Lipinski definition) is 3. The number of hydrogen-bond donors (Lipinski definition) is 1. The average molecular weight is 246 g/mol. The summed E-state index contributed by atoms with van der Waals surface area (Å²) in [5.41, 5.74) is -0.903. The van der Waals surface area contributed by atoms with Crippen molar-refractivity contribution < 1.29 is 18.3 Å². The molecule has 0 aromatic heterocycles. The highest BCUT2D eigenvalue weighted by Gasteiger charge is 2.76. The molecular formula is C11H16F2N2O2. The molecule has 4 nitrogen and oxygen atoms in total. The highest BCUT2D eigenvalue weighted by Crippen LogP contribution is 2.65. The minimum Gasteiger partial charge on any atom is -0.446 e. The Morgan fingerprint density at radius 2 is 1.88 bits per heavy atom. The number of carbonyl (C=O) groups is 1. The van der Waals surface area contributed by atoms with E-state index in [9.17, 15) is 13.6 Å². The molecular weight excluding hydrogens is 230 g/mol. The van der Waals surface area contributed by atoms with E-state index in [4.69, 9.17) is 4.74 Å². The highest BCUT2D eigenvalue weighted by atomic mass is 19.3. The third-order valence-corrected chi connectivity index (χ3v) is 4.01. The molecule has 1 N–H and O–H groups in total. The summed E-state index contributed by atoms with van der Waals surface area (Å²) in [6.45, 7) is 2.01. The number of amides is 1. The van der Waals surface area contributed by atoms with Crippen LogP contribution in [0.4, 0.5) is 13.6 Å². The summed E-state index contributed by atoms with van der Waals surface area (Å²) in [5.74, 6) is -2.56. The topological polar surface area (TPSA) is 41.6 Å². The lowest BCUT2D eigenvalue weighted by Gasteiger charge is -2.39. The standard InChI is InChI=1S/C11H16F2N2O2/c12-11(13)5-10(11)6-15(7-10)9(16)17-8-1-3-14-4-2-8/h8,14H,1-7H2. The fraction of sp³-hybridized carbons (Fsp3) is 0.909. The van der Waals surface area contributed by atoms with Crippen molar-refractivity contribution in [1.82, 2.24) is 10.2 Å². The summed E-state index contributed by atoms with van der Waals surface area (Å²) < 4.78 is 31.2. The van der Waals surface area contributed by atoms with Crippen LogP contribution in [0.3, 0.4) is 0 Å². The van der Waals surface area contributed by atoms with Gasteiger partial charge < -0.3 is 15.0 Å². The zero-order chi connectivity index (χ0) is 12.1. The maximum absolute atomic E-state index is 12.9. The Hall–Kier alpha value is -0.910. The molecule has 1 spiro atoms. The van der Waals surface area contributed by atoms with Crippen LogP contribution < -0.4 is 5.32 Å². The van der Waals surface area contributed by atoms with Crippen LogP contribution in [0.1, 0.15) is 19.3 Å². The molecule has 0 aromatic rings. The zero-order valence-electron chi connectivity index (χ0n) is 9.55. The lowest BCUT2D eigenvalue weighted by molar-refractivity contribution is -0.0333. The van der Waals surface area contributed by atoms with Gasteiger partial charge in [-0.15, -0.1) is 0 Å². The zero-order valence-corrected chi connectivity index (χ0v) is 9.55. The number of nitrogens with one attached hydrogen (secondary N) is 1. The van der Waals surface area contributed by atoms with Crippen molar-refractivity contribution in [3.8, 4) is 0 Å². The Kier molecular flexibility index (Phi) is 2.33. The van der Waals surface area contributed by atoms with Crippen LogP contribution >= 0.6 is 0 Å². The van der Waals surface area contributed by atoms with Gasteiger partial charge in [-0.2, -0.15) is 0 Å². The number of rotatable bonds is 1. The van der Waals surface area contributed by atoms with Gasteiger partial charge in [-0.05, 0) is 25.9 Å². The number of likely N-dealkylation sites (tertiary alicyclic amines) is 1. The molecule has 0 bridgehead atoms. The summed E-state index contributed by atoms with van der Waals surface area (Å²) in [5, 5.41) is 3.17. The van der Waals surface area contributed by atoms with Crippen molar-refractivity contribution in [2.75, 3.05) is 26.2 Å². The molecule has 1 amide bonds. The van der Waals surface area contributed by atoms with Crippen LogP contribution in [0.5, 0.6) is 0 Å². The second-order valence-corrected chi connectivity index (χ2v) is 5.35. The van der Waals surface area contributed by atoms with Crippen molar-refractivity contribution >= 4 is 6.09 Å². The first kappa shape index (κ1) is 11.2. The summed E-state index contributed by atoms with van der Waals surface area (Å²) >= 11 is 0. The third kappa shape index (κ3) is 1.78. The van der Waals surface area contributed by atoms with Crippen molar-refractivity contribution in [3.63, 3.8) is 0 Å². The largest absolute Gasteiger partial charge is 0.446 e. The van der Waals surface area contributed by atoms with E-state index in [1.54, 1.807) is 0 Å². The monoisotopic (exact) mass is 246 g/mol. The second kappa shape index (κ2) is 3.54. The van der Waals surface area contributed by atoms with Crippen LogP contribution in [-0.4, -0.2) is 49.2 Å². The van der Waals surface area contributed by atoms with E-state index in [-0.39, 0.29) is 25.6 Å². The predicted molar refractivity (Wildman–Crippen MR) is 55.9 cm³/mol. The van der Waals surface area contributed by atoms with E-state index in [1.165, 1.54) is 4.90 Å². The SMILES string of the molecule is O=C(OC1CCNCC1)N1CC2(C1)CC2(F)F. The summed E-state index contributed by atoms with van der Waals surface area (Å²) in [6, 6.07) is 0. The van der Waals surface area contributed by atoms with Gasteiger partial charge in [0.15, 0.2) is 0 Å². The lowest BCUT2D eigenvalue weighted by Crippen LogP contribution is -2.55. The summed E-state index contributed by atoms with van der Waals surface area (Å²) in [6.07, 6.45) is 1.06. The minimum absolute atomic E-state index is 0.0555. The van der Waals surface area contributed by atoms with Gasteiger partial charge in [0.25, 0.3) is 5.92 Å². The van der Waals surface area contributed by atoms with Gasteiger partial charge >= 0.3 is 6.09 Å². The maximum atomic E-state index is 12.9. The van der Waals surface area contributed by atoms with E-state index in [0.717, 1.165) is 25.9 Å². The van der Waals surface area contributed by atoms with Crippen molar-refractivity contribution in [2.24, 2.45) is 5.41 Å². The number of alkyl halides is 2. The van der Waals surface area contributed by atoms with E-state index in [1.807, 2.05) is 0 Å². The Balaban J connectivity index is 1.46. The normalized spacial score (nSPS) is 29.9. The predicted octanol–water partition coefficient (Wildman–Crippen LogP) is 1.22. The van der Waals surface area contributed by atoms with E-state index in [0.29, 0.717) is 0 Å². The molecule has 2 aliphatic heterocycles. The minimum atomic E-state index is -2.56. The highest BCUT2D eigenvalue weighted by molar-refractivity contribution is 5.69. The molecule has 0 radical (unpaired) electrons. The lowest BCUT2D eigenvalue weighted by atomic mass is 9.97. The number of ether oxygens (including phenoxy) is 1. The quantitative estimate of drug-likeness (QED) is 0.756. The fourth-order valence-corrected chi connectivity index (χ4v) is 2.67. The fourth-order valence-electron chi connectivity index (χ4n) is 2.67. The van der Waals surface area contributed by atoms with Crippen LogP contribution in [0.25, 0.3) is 0 Å². The molecule has 1 aliphatic carbocycles. The Bertz CT molecular complexity index is 336. The molecule has 3 aliphatic rings. The van der Waals surface area contributed by atoms with Gasteiger partial charge in [0.1, 0.15) is 6.10 Å². The van der Waals surface area contributed by atoms with Crippen molar-refractivity contribution in [2.45, 2.75) is 31.3 Å². The van der Waals surface area contributed by atoms with Gasteiger partial charge in [-0.1, -0.05) is 0 Å². The molecule has 17 heavy (non-hydrogen) atoms. The van der Waals surface area contributed by atoms with Crippen LogP contribution in [0, 0.1) is 5.41 Å². The number of halogens is 2. The van der Waals surface area contributed by atoms with Gasteiger partial charge in [0.2, 0.25) is 0 Å². The molecule has 2 saturated heterocycles. The number of carbonyl (C=O) groups excluding carboxylic acids is 1. The van der Waals surface area contributed by atoms with Crippen molar-refractivity contribution in [1.29, 1.82) is 0 Å². The van der Waals surface area contributed by atoms with E-state index < -0.39 is 17.4 Å². The Labute approximate surface area is 98.3 Å².